The van der Waals surface area contributed by atoms with Crippen LogP contribution in [0.15, 0.2) is 6.20 Å². The third-order valence-electron chi connectivity index (χ3n) is 7.22. The van der Waals surface area contributed by atoms with Gasteiger partial charge in [-0.05, 0) is 38.3 Å². The van der Waals surface area contributed by atoms with Crippen molar-refractivity contribution >= 4 is 28.5 Å². The molecule has 1 aliphatic carbocycles. The van der Waals surface area contributed by atoms with Gasteiger partial charge in [-0.15, -0.1) is 0 Å². The molecule has 5 heterocycles. The van der Waals surface area contributed by atoms with Crippen molar-refractivity contribution in [3.05, 3.63) is 11.5 Å². The van der Waals surface area contributed by atoms with E-state index in [1.807, 2.05) is 13.8 Å². The number of hydrogen-bond acceptors (Lipinski definition) is 8. The standard InChI is InChI=1S/C21H28ClN5O4/c1-20(2)30-14-13(9-28)29-18(15(14)31-20)27-17-12(8-23-27)16(24-19(22)25-17)26-10-21(11-26)6-4-3-5-7-21/h8,13-15,18,28H,3-7,9-11H2,1-2H3/t13?,14-,15-,18-/m1/s1. The molecular weight excluding hydrogens is 422 g/mol. The normalized spacial score (nSPS) is 33.7. The van der Waals surface area contributed by atoms with Gasteiger partial charge in [0.25, 0.3) is 0 Å². The van der Waals surface area contributed by atoms with Crippen LogP contribution in [0.25, 0.3) is 11.0 Å². The lowest BCUT2D eigenvalue weighted by Gasteiger charge is -2.53. The van der Waals surface area contributed by atoms with Crippen molar-refractivity contribution in [2.24, 2.45) is 5.41 Å². The smallest absolute Gasteiger partial charge is 0.226 e. The van der Waals surface area contributed by atoms with Gasteiger partial charge in [-0.1, -0.05) is 19.3 Å². The van der Waals surface area contributed by atoms with E-state index >= 15 is 0 Å². The van der Waals surface area contributed by atoms with Crippen LogP contribution < -0.4 is 4.90 Å². The van der Waals surface area contributed by atoms with Crippen molar-refractivity contribution in [3.8, 4) is 0 Å². The Labute approximate surface area is 185 Å². The minimum absolute atomic E-state index is 0.160. The van der Waals surface area contributed by atoms with E-state index in [0.717, 1.165) is 24.3 Å². The number of fused-ring (bicyclic) bond motifs is 2. The Hall–Kier alpha value is -1.52. The Balaban J connectivity index is 1.33. The van der Waals surface area contributed by atoms with Crippen LogP contribution in [0.4, 0.5) is 5.82 Å². The number of hydrogen-bond donors (Lipinski definition) is 1. The van der Waals surface area contributed by atoms with Crippen molar-refractivity contribution in [1.82, 2.24) is 19.7 Å². The molecule has 1 unspecified atom stereocenters. The second kappa shape index (κ2) is 6.99. The highest BCUT2D eigenvalue weighted by Crippen LogP contribution is 2.47. The number of anilines is 1. The Bertz CT molecular complexity index is 999. The molecule has 10 heteroatoms. The van der Waals surface area contributed by atoms with Gasteiger partial charge in [0.1, 0.15) is 24.1 Å². The summed E-state index contributed by atoms with van der Waals surface area (Å²) in [4.78, 5) is 11.3. The molecule has 0 aromatic carbocycles. The van der Waals surface area contributed by atoms with Crippen LogP contribution in [-0.2, 0) is 14.2 Å². The summed E-state index contributed by atoms with van der Waals surface area (Å²) in [6, 6.07) is 0. The van der Waals surface area contributed by atoms with E-state index < -0.39 is 24.2 Å². The minimum atomic E-state index is -0.753. The lowest BCUT2D eigenvalue weighted by molar-refractivity contribution is -0.201. The number of aliphatic hydroxyl groups is 1. The van der Waals surface area contributed by atoms with E-state index in [-0.39, 0.29) is 18.0 Å². The number of rotatable bonds is 3. The quantitative estimate of drug-likeness (QED) is 0.714. The van der Waals surface area contributed by atoms with Crippen molar-refractivity contribution in [3.63, 3.8) is 0 Å². The molecule has 0 radical (unpaired) electrons. The van der Waals surface area contributed by atoms with Gasteiger partial charge in [0.2, 0.25) is 5.28 Å². The Morgan fingerprint density at radius 1 is 1.13 bits per heavy atom. The van der Waals surface area contributed by atoms with Crippen molar-refractivity contribution < 1.29 is 19.3 Å². The number of ether oxygens (including phenoxy) is 3. The fourth-order valence-corrected chi connectivity index (χ4v) is 6.01. The Morgan fingerprint density at radius 3 is 2.61 bits per heavy atom. The van der Waals surface area contributed by atoms with Gasteiger partial charge >= 0.3 is 0 Å². The maximum Gasteiger partial charge on any atom is 0.226 e. The fourth-order valence-electron chi connectivity index (χ4n) is 5.85. The second-order valence-corrected chi connectivity index (χ2v) is 10.2. The molecule has 3 saturated heterocycles. The first-order valence-corrected chi connectivity index (χ1v) is 11.5. The SMILES string of the molecule is CC1(C)O[C@@H]2[C@H](O1)C(CO)O[C@H]2n1ncc2c(N3CC4(CCCCC4)C3)nc(Cl)nc21. The predicted octanol–water partition coefficient (Wildman–Crippen LogP) is 2.66. The molecule has 3 aliphatic heterocycles. The summed E-state index contributed by atoms with van der Waals surface area (Å²) in [5.41, 5.74) is 1.03. The van der Waals surface area contributed by atoms with Gasteiger partial charge in [-0.2, -0.15) is 15.1 Å². The van der Waals surface area contributed by atoms with Gasteiger partial charge in [0, 0.05) is 18.5 Å². The largest absolute Gasteiger partial charge is 0.394 e. The summed E-state index contributed by atoms with van der Waals surface area (Å²) < 4.78 is 19.8. The molecule has 1 spiro atoms. The van der Waals surface area contributed by atoms with Crippen LogP contribution in [0.5, 0.6) is 0 Å². The molecule has 0 bridgehead atoms. The molecule has 2 aromatic heterocycles. The first-order chi connectivity index (χ1) is 14.9. The van der Waals surface area contributed by atoms with Gasteiger partial charge < -0.3 is 24.2 Å². The van der Waals surface area contributed by atoms with Crippen LogP contribution in [0.1, 0.15) is 52.2 Å². The third-order valence-corrected chi connectivity index (χ3v) is 7.39. The van der Waals surface area contributed by atoms with Crippen LogP contribution in [0.2, 0.25) is 5.28 Å². The average molecular weight is 450 g/mol. The molecule has 9 nitrogen and oxygen atoms in total. The molecule has 168 valence electrons. The topological polar surface area (TPSA) is 94.8 Å². The lowest BCUT2D eigenvalue weighted by atomic mass is 9.68. The maximum atomic E-state index is 9.79. The number of aliphatic hydroxyl groups excluding tert-OH is 1. The third kappa shape index (κ3) is 3.16. The summed E-state index contributed by atoms with van der Waals surface area (Å²) in [5.74, 6) is 0.0759. The molecule has 4 aliphatic rings. The monoisotopic (exact) mass is 449 g/mol. The van der Waals surface area contributed by atoms with Crippen LogP contribution in [-0.4, -0.2) is 68.7 Å². The summed E-state index contributed by atoms with van der Waals surface area (Å²) in [7, 11) is 0. The second-order valence-electron chi connectivity index (χ2n) is 9.87. The Morgan fingerprint density at radius 2 is 1.87 bits per heavy atom. The molecular formula is C21H28ClN5O4. The van der Waals surface area contributed by atoms with E-state index in [1.165, 1.54) is 32.1 Å². The van der Waals surface area contributed by atoms with Crippen molar-refractivity contribution in [2.75, 3.05) is 24.6 Å². The number of halogens is 1. The van der Waals surface area contributed by atoms with Crippen molar-refractivity contribution in [2.45, 2.75) is 76.3 Å². The summed E-state index contributed by atoms with van der Waals surface area (Å²) >= 11 is 6.35. The molecule has 31 heavy (non-hydrogen) atoms. The Kier molecular flexibility index (Phi) is 4.53. The van der Waals surface area contributed by atoms with E-state index in [2.05, 4.69) is 20.0 Å². The van der Waals surface area contributed by atoms with E-state index in [4.69, 9.17) is 25.8 Å². The zero-order valence-corrected chi connectivity index (χ0v) is 18.6. The zero-order valence-electron chi connectivity index (χ0n) is 17.8. The molecule has 4 atom stereocenters. The molecule has 1 saturated carbocycles. The van der Waals surface area contributed by atoms with E-state index in [1.54, 1.807) is 10.9 Å². The van der Waals surface area contributed by atoms with E-state index in [9.17, 15) is 5.11 Å². The molecule has 6 rings (SSSR count). The van der Waals surface area contributed by atoms with Gasteiger partial charge in [-0.25, -0.2) is 4.68 Å². The first-order valence-electron chi connectivity index (χ1n) is 11.2. The highest BCUT2D eigenvalue weighted by atomic mass is 35.5. The van der Waals surface area contributed by atoms with Gasteiger partial charge in [0.05, 0.1) is 18.2 Å². The molecule has 1 N–H and O–H groups in total. The fraction of sp³-hybridized carbons (Fsp3) is 0.762. The predicted molar refractivity (Wildman–Crippen MR) is 113 cm³/mol. The average Bonchev–Trinajstić information content (AvgIpc) is 3.36. The number of aromatic nitrogens is 4. The van der Waals surface area contributed by atoms with Gasteiger partial charge in [-0.3, -0.25) is 0 Å². The van der Waals surface area contributed by atoms with Gasteiger partial charge in [0.15, 0.2) is 17.7 Å². The summed E-state index contributed by atoms with van der Waals surface area (Å²) in [6.45, 7) is 5.57. The zero-order chi connectivity index (χ0) is 21.4. The van der Waals surface area contributed by atoms with Crippen molar-refractivity contribution in [1.29, 1.82) is 0 Å². The lowest BCUT2D eigenvalue weighted by Crippen LogP contribution is -2.57. The number of nitrogens with zero attached hydrogens (tertiary/aromatic N) is 5. The van der Waals surface area contributed by atoms with Crippen LogP contribution >= 0.6 is 11.6 Å². The van der Waals surface area contributed by atoms with Crippen LogP contribution in [0, 0.1) is 5.41 Å². The summed E-state index contributed by atoms with van der Waals surface area (Å²) in [5, 5.41) is 15.4. The molecule has 0 amide bonds. The maximum absolute atomic E-state index is 9.79. The van der Waals surface area contributed by atoms with Crippen LogP contribution in [0.3, 0.4) is 0 Å². The first kappa shape index (κ1) is 20.1. The highest BCUT2D eigenvalue weighted by Gasteiger charge is 2.56. The highest BCUT2D eigenvalue weighted by molar-refractivity contribution is 6.28. The van der Waals surface area contributed by atoms with E-state index in [0.29, 0.717) is 11.1 Å². The minimum Gasteiger partial charge on any atom is -0.394 e. The summed E-state index contributed by atoms with van der Waals surface area (Å²) in [6.07, 6.45) is 6.51. The molecule has 4 fully saturated rings. The molecule has 2 aromatic rings.